The maximum Gasteiger partial charge on any atom is 0.407 e. The maximum absolute atomic E-state index is 11.6. The summed E-state index contributed by atoms with van der Waals surface area (Å²) in [6.07, 6.45) is 6.43. The van der Waals surface area contributed by atoms with Gasteiger partial charge in [-0.15, -0.1) is 0 Å². The molecule has 14 heteroatoms. The number of nitrogens with one attached hydrogen (secondary N) is 2. The molecule has 4 aromatic rings. The van der Waals surface area contributed by atoms with Gasteiger partial charge in [-0.3, -0.25) is 14.2 Å². The zero-order valence-corrected chi connectivity index (χ0v) is 33.7. The van der Waals surface area contributed by atoms with Crippen LogP contribution in [0.15, 0.2) is 97.3 Å². The highest BCUT2D eigenvalue weighted by Gasteiger charge is 2.16. The first kappa shape index (κ1) is 45.9. The number of carbonyl (C=O) groups is 2. The second kappa shape index (κ2) is 23.5. The summed E-state index contributed by atoms with van der Waals surface area (Å²) in [4.78, 5) is 31.2. The molecule has 2 amide bonds. The molecule has 2 heterocycles. The molecule has 0 saturated heterocycles. The second-order valence-electron chi connectivity index (χ2n) is 14.2. The summed E-state index contributed by atoms with van der Waals surface area (Å²) in [5, 5.41) is 14.5. The minimum atomic E-state index is -3.32. The zero-order valence-electron chi connectivity index (χ0n) is 32.9. The number of nitrogens with zero attached hydrogens (tertiary/aromatic N) is 2. The topological polar surface area (TPSA) is 175 Å². The van der Waals surface area contributed by atoms with Crippen molar-refractivity contribution in [3.8, 4) is 11.5 Å². The molecule has 4 rings (SSSR count). The van der Waals surface area contributed by atoms with Gasteiger partial charge in [-0.05, 0) is 114 Å². The van der Waals surface area contributed by atoms with Crippen molar-refractivity contribution < 1.29 is 41.5 Å². The van der Waals surface area contributed by atoms with Gasteiger partial charge in [0.05, 0.1) is 19.5 Å². The van der Waals surface area contributed by atoms with Crippen LogP contribution in [0.1, 0.15) is 64.1 Å². The predicted molar refractivity (Wildman–Crippen MR) is 213 cm³/mol. The molecule has 0 radical (unpaired) electrons. The Balaban J connectivity index is 0.000000303. The lowest BCUT2D eigenvalue weighted by molar-refractivity contribution is 0.0517. The number of hydrogen-bond donors (Lipinski definition) is 3. The van der Waals surface area contributed by atoms with Crippen LogP contribution in [-0.2, 0) is 49.5 Å². The van der Waals surface area contributed by atoms with Gasteiger partial charge in [-0.25, -0.2) is 9.59 Å². The summed E-state index contributed by atoms with van der Waals surface area (Å²) >= 11 is 0. The van der Waals surface area contributed by atoms with Gasteiger partial charge >= 0.3 is 12.2 Å². The molecule has 0 aliphatic heterocycles. The first-order valence-electron chi connectivity index (χ1n) is 17.9. The Morgan fingerprint density at radius 2 is 1.07 bits per heavy atom. The Morgan fingerprint density at radius 1 is 0.636 bits per heavy atom. The lowest BCUT2D eigenvalue weighted by atomic mass is 10.1. The van der Waals surface area contributed by atoms with Crippen molar-refractivity contribution in [3.05, 3.63) is 120 Å². The molecule has 13 nitrogen and oxygen atoms in total. The number of amides is 2. The first-order chi connectivity index (χ1) is 25.9. The van der Waals surface area contributed by atoms with Crippen molar-refractivity contribution in [2.24, 2.45) is 0 Å². The van der Waals surface area contributed by atoms with Crippen LogP contribution in [0.5, 0.6) is 11.5 Å². The fourth-order valence-corrected chi connectivity index (χ4v) is 4.71. The molecule has 0 aliphatic carbocycles. The summed E-state index contributed by atoms with van der Waals surface area (Å²) < 4.78 is 41.8. The van der Waals surface area contributed by atoms with E-state index >= 15 is 0 Å². The standard InChI is InChI=1S/C20H26N2O3.C13H19NO3.C8H11NO3S/c1-20(2,3)25-19(23)22-14-11-16-7-9-18(10-8-16)24-15-12-17-6-4-5-13-21-17;1-13(2,3)17-12(16)14-9-8-10-4-6-11(15)7-5-10;1-13(10,11)12-7-5-8-4-2-3-6-9-8/h4-10,13H,11-12,14-15H2,1-3H3,(H,22,23);4-7,15H,8-9H2,1-3H3,(H,14,16);2-4,6H,5,7H2,1H3. The average Bonchev–Trinajstić information content (AvgIpc) is 3.09. The molecule has 0 aliphatic rings. The third kappa shape index (κ3) is 24.7. The molecule has 300 valence electrons. The monoisotopic (exact) mass is 780 g/mol. The SMILES string of the molecule is CC(C)(C)OC(=O)NCCc1ccc(O)cc1.CC(C)(C)OC(=O)NCCc1ccc(OCCc2ccccn2)cc1.CS(=O)(=O)OCCc1ccccn1. The van der Waals surface area contributed by atoms with E-state index in [9.17, 15) is 18.0 Å². The van der Waals surface area contributed by atoms with E-state index in [1.165, 1.54) is 0 Å². The molecule has 2 aromatic heterocycles. The van der Waals surface area contributed by atoms with Gasteiger partial charge in [0.15, 0.2) is 0 Å². The van der Waals surface area contributed by atoms with Gasteiger partial charge < -0.3 is 30.0 Å². The number of aromatic hydroxyl groups is 1. The largest absolute Gasteiger partial charge is 0.508 e. The Bertz CT molecular complexity index is 1780. The smallest absolute Gasteiger partial charge is 0.407 e. The van der Waals surface area contributed by atoms with Gasteiger partial charge in [-0.1, -0.05) is 36.4 Å². The molecule has 2 aromatic carbocycles. The van der Waals surface area contributed by atoms with E-state index in [0.29, 0.717) is 32.5 Å². The maximum atomic E-state index is 11.6. The number of ether oxygens (including phenoxy) is 3. The highest BCUT2D eigenvalue weighted by molar-refractivity contribution is 7.85. The number of rotatable bonds is 14. The molecular weight excluding hydrogens is 725 g/mol. The van der Waals surface area contributed by atoms with Crippen molar-refractivity contribution in [1.29, 1.82) is 0 Å². The second-order valence-corrected chi connectivity index (χ2v) is 15.8. The van der Waals surface area contributed by atoms with Crippen LogP contribution < -0.4 is 15.4 Å². The van der Waals surface area contributed by atoms with Crippen LogP contribution in [0.4, 0.5) is 9.59 Å². The fourth-order valence-electron chi connectivity index (χ4n) is 4.32. The summed E-state index contributed by atoms with van der Waals surface area (Å²) in [7, 11) is -3.32. The van der Waals surface area contributed by atoms with E-state index in [1.54, 1.807) is 30.6 Å². The lowest BCUT2D eigenvalue weighted by Crippen LogP contribution is -2.33. The van der Waals surface area contributed by atoms with Crippen LogP contribution in [0, 0.1) is 0 Å². The first-order valence-corrected chi connectivity index (χ1v) is 19.8. The van der Waals surface area contributed by atoms with E-state index in [0.717, 1.165) is 47.4 Å². The normalized spacial score (nSPS) is 11.1. The summed E-state index contributed by atoms with van der Waals surface area (Å²) in [5.74, 6) is 1.08. The summed E-state index contributed by atoms with van der Waals surface area (Å²) in [6.45, 7) is 12.8. The average molecular weight is 781 g/mol. The quantitative estimate of drug-likeness (QED) is 0.114. The highest BCUT2D eigenvalue weighted by atomic mass is 32.2. The van der Waals surface area contributed by atoms with Gasteiger partial charge in [0.1, 0.15) is 22.7 Å². The van der Waals surface area contributed by atoms with Crippen LogP contribution >= 0.6 is 0 Å². The van der Waals surface area contributed by atoms with Crippen molar-refractivity contribution in [1.82, 2.24) is 20.6 Å². The number of phenolic OH excluding ortho intramolecular Hbond substituents is 1. The van der Waals surface area contributed by atoms with E-state index in [4.69, 9.17) is 19.3 Å². The van der Waals surface area contributed by atoms with Crippen molar-refractivity contribution in [2.45, 2.75) is 78.4 Å². The zero-order chi connectivity index (χ0) is 40.7. The Kier molecular flexibility index (Phi) is 19.7. The van der Waals surface area contributed by atoms with E-state index in [2.05, 4.69) is 24.8 Å². The van der Waals surface area contributed by atoms with Gasteiger partial charge in [0, 0.05) is 49.7 Å². The van der Waals surface area contributed by atoms with E-state index in [1.807, 2.05) is 108 Å². The third-order valence-electron chi connectivity index (χ3n) is 6.76. The molecule has 0 unspecified atom stereocenters. The molecular formula is C41H56N4O9S. The molecule has 0 bridgehead atoms. The number of alkyl carbamates (subject to hydrolysis) is 2. The number of hydrogen-bond acceptors (Lipinski definition) is 11. The molecule has 0 saturated carbocycles. The van der Waals surface area contributed by atoms with Crippen molar-refractivity contribution in [2.75, 3.05) is 32.6 Å². The highest BCUT2D eigenvalue weighted by Crippen LogP contribution is 2.14. The Hall–Kier alpha value is -5.21. The lowest BCUT2D eigenvalue weighted by Gasteiger charge is -2.19. The summed E-state index contributed by atoms with van der Waals surface area (Å²) in [5.41, 5.74) is 3.09. The van der Waals surface area contributed by atoms with Gasteiger partial charge in [0.25, 0.3) is 10.1 Å². The van der Waals surface area contributed by atoms with Crippen LogP contribution in [-0.4, -0.2) is 79.4 Å². The van der Waals surface area contributed by atoms with Crippen LogP contribution in [0.25, 0.3) is 0 Å². The van der Waals surface area contributed by atoms with E-state index in [-0.39, 0.29) is 18.4 Å². The van der Waals surface area contributed by atoms with Gasteiger partial charge in [-0.2, -0.15) is 8.42 Å². The third-order valence-corrected chi connectivity index (χ3v) is 7.35. The Labute approximate surface area is 325 Å². The molecule has 55 heavy (non-hydrogen) atoms. The van der Waals surface area contributed by atoms with Gasteiger partial charge in [0.2, 0.25) is 0 Å². The molecule has 3 N–H and O–H groups in total. The number of aromatic nitrogens is 2. The minimum Gasteiger partial charge on any atom is -0.508 e. The predicted octanol–water partition coefficient (Wildman–Crippen LogP) is 6.83. The Morgan fingerprint density at radius 3 is 1.47 bits per heavy atom. The van der Waals surface area contributed by atoms with Crippen molar-refractivity contribution >= 4 is 22.3 Å². The van der Waals surface area contributed by atoms with Crippen LogP contribution in [0.2, 0.25) is 0 Å². The molecule has 0 fully saturated rings. The minimum absolute atomic E-state index is 0.149. The van der Waals surface area contributed by atoms with E-state index < -0.39 is 27.4 Å². The number of phenols is 1. The summed E-state index contributed by atoms with van der Waals surface area (Å²) in [6, 6.07) is 26.2. The number of benzene rings is 2. The van der Waals surface area contributed by atoms with Crippen LogP contribution in [0.3, 0.4) is 0 Å². The number of pyridine rings is 2. The van der Waals surface area contributed by atoms with Crippen molar-refractivity contribution in [3.63, 3.8) is 0 Å². The molecule has 0 atom stereocenters. The molecule has 0 spiro atoms. The fraction of sp³-hybridized carbons (Fsp3) is 0.415. The number of carbonyl (C=O) groups excluding carboxylic acids is 2.